The fourth-order valence-corrected chi connectivity index (χ4v) is 1.68. The molecule has 0 N–H and O–H groups in total. The van der Waals surface area contributed by atoms with Crippen LogP contribution in [0.25, 0.3) is 0 Å². The minimum Gasteiger partial charge on any atom is -0.202 e. The molecule has 76 valence electrons. The third-order valence-corrected chi connectivity index (χ3v) is 2.49. The predicted octanol–water partition coefficient (Wildman–Crippen LogP) is 3.28. The van der Waals surface area contributed by atoms with E-state index in [4.69, 9.17) is 0 Å². The van der Waals surface area contributed by atoms with E-state index in [0.717, 1.165) is 6.42 Å². The fraction of sp³-hybridized carbons (Fsp3) is 0.462. The number of aromatic nitrogens is 1. The van der Waals surface area contributed by atoms with E-state index in [1.54, 1.807) is 0 Å². The smallest absolute Gasteiger partial charge is 0.169 e. The largest absolute Gasteiger partial charge is 0.202 e. The molecular weight excluding hydrogens is 170 g/mol. The molecule has 1 heteroatoms. The summed E-state index contributed by atoms with van der Waals surface area (Å²) in [5.74, 6) is 0. The minimum atomic E-state index is 0.591. The van der Waals surface area contributed by atoms with Gasteiger partial charge in [-0.05, 0) is 6.42 Å². The zero-order valence-electron chi connectivity index (χ0n) is 9.02. The first kappa shape index (κ1) is 11.0. The molecule has 0 saturated carbocycles. The van der Waals surface area contributed by atoms with Crippen LogP contribution < -0.4 is 4.57 Å². The van der Waals surface area contributed by atoms with Crippen molar-refractivity contribution in [3.63, 3.8) is 0 Å². The zero-order valence-corrected chi connectivity index (χ0v) is 9.02. The minimum absolute atomic E-state index is 0.591. The maximum atomic E-state index is 3.82. The van der Waals surface area contributed by atoms with Gasteiger partial charge in [-0.3, -0.25) is 0 Å². The van der Waals surface area contributed by atoms with Crippen LogP contribution in [0.5, 0.6) is 0 Å². The Morgan fingerprint density at radius 3 is 2.57 bits per heavy atom. The van der Waals surface area contributed by atoms with Crippen LogP contribution in [0.4, 0.5) is 0 Å². The van der Waals surface area contributed by atoms with Crippen molar-refractivity contribution in [2.45, 2.75) is 38.6 Å². The molecule has 0 aromatic carbocycles. The Morgan fingerprint density at radius 2 is 2.00 bits per heavy atom. The second kappa shape index (κ2) is 6.36. The monoisotopic (exact) mass is 190 g/mol. The van der Waals surface area contributed by atoms with Crippen LogP contribution in [0.2, 0.25) is 0 Å². The summed E-state index contributed by atoms with van der Waals surface area (Å²) in [4.78, 5) is 0. The van der Waals surface area contributed by atoms with Gasteiger partial charge in [0.2, 0.25) is 0 Å². The summed E-state index contributed by atoms with van der Waals surface area (Å²) in [6.45, 7) is 6.06. The van der Waals surface area contributed by atoms with Crippen LogP contribution in [-0.4, -0.2) is 0 Å². The summed E-state index contributed by atoms with van der Waals surface area (Å²) in [6, 6.07) is 6.82. The molecular formula is C13H20N+. The predicted molar refractivity (Wildman–Crippen MR) is 60.0 cm³/mol. The fourth-order valence-electron chi connectivity index (χ4n) is 1.68. The topological polar surface area (TPSA) is 3.88 Å². The van der Waals surface area contributed by atoms with Crippen molar-refractivity contribution < 1.29 is 4.57 Å². The van der Waals surface area contributed by atoms with E-state index < -0.39 is 0 Å². The maximum Gasteiger partial charge on any atom is 0.169 e. The number of unbranched alkanes of at least 4 members (excludes halogenated alkanes) is 1. The summed E-state index contributed by atoms with van der Waals surface area (Å²) >= 11 is 0. The number of nitrogens with zero attached hydrogens (tertiary/aromatic N) is 1. The highest BCUT2D eigenvalue weighted by Crippen LogP contribution is 2.12. The van der Waals surface area contributed by atoms with E-state index in [0.29, 0.717) is 6.04 Å². The van der Waals surface area contributed by atoms with Crippen LogP contribution in [0.1, 0.15) is 38.6 Å². The third kappa shape index (κ3) is 3.33. The molecule has 0 aliphatic rings. The maximum absolute atomic E-state index is 3.82. The molecule has 1 heterocycles. The first-order valence-corrected chi connectivity index (χ1v) is 5.45. The van der Waals surface area contributed by atoms with Gasteiger partial charge in [-0.1, -0.05) is 25.5 Å². The third-order valence-electron chi connectivity index (χ3n) is 2.49. The summed E-state index contributed by atoms with van der Waals surface area (Å²) in [5.41, 5.74) is 0. The van der Waals surface area contributed by atoms with Gasteiger partial charge in [0.15, 0.2) is 18.4 Å². The summed E-state index contributed by atoms with van der Waals surface area (Å²) in [7, 11) is 0. The highest BCUT2D eigenvalue weighted by molar-refractivity contribution is 4.84. The number of hydrogen-bond donors (Lipinski definition) is 0. The number of rotatable bonds is 6. The lowest BCUT2D eigenvalue weighted by Crippen LogP contribution is -2.38. The van der Waals surface area contributed by atoms with Crippen molar-refractivity contribution in [3.05, 3.63) is 43.2 Å². The molecule has 1 nitrogen and oxygen atoms in total. The Hall–Kier alpha value is -1.11. The van der Waals surface area contributed by atoms with E-state index >= 15 is 0 Å². The normalized spacial score (nSPS) is 12.4. The van der Waals surface area contributed by atoms with Crippen molar-refractivity contribution in [1.29, 1.82) is 0 Å². The van der Waals surface area contributed by atoms with Gasteiger partial charge < -0.3 is 0 Å². The molecule has 1 aromatic heterocycles. The van der Waals surface area contributed by atoms with Crippen molar-refractivity contribution in [2.75, 3.05) is 0 Å². The summed E-state index contributed by atoms with van der Waals surface area (Å²) in [6.07, 6.45) is 11.2. The van der Waals surface area contributed by atoms with Gasteiger partial charge in [0.25, 0.3) is 0 Å². The van der Waals surface area contributed by atoms with Crippen molar-refractivity contribution in [1.82, 2.24) is 0 Å². The molecule has 14 heavy (non-hydrogen) atoms. The lowest BCUT2D eigenvalue weighted by Gasteiger charge is -2.09. The van der Waals surface area contributed by atoms with Gasteiger partial charge >= 0.3 is 0 Å². The van der Waals surface area contributed by atoms with Gasteiger partial charge in [-0.25, -0.2) is 4.57 Å². The van der Waals surface area contributed by atoms with E-state index in [1.165, 1.54) is 19.3 Å². The molecule has 1 rings (SSSR count). The van der Waals surface area contributed by atoms with Crippen LogP contribution in [0, 0.1) is 0 Å². The van der Waals surface area contributed by atoms with E-state index in [1.807, 2.05) is 6.08 Å². The van der Waals surface area contributed by atoms with Crippen LogP contribution >= 0.6 is 0 Å². The van der Waals surface area contributed by atoms with Gasteiger partial charge in [-0.15, -0.1) is 6.58 Å². The quantitative estimate of drug-likeness (QED) is 0.479. The Bertz CT molecular complexity index is 253. The Morgan fingerprint density at radius 1 is 1.29 bits per heavy atom. The van der Waals surface area contributed by atoms with E-state index in [-0.39, 0.29) is 0 Å². The van der Waals surface area contributed by atoms with Gasteiger partial charge in [0, 0.05) is 25.0 Å². The molecule has 0 amide bonds. The van der Waals surface area contributed by atoms with Crippen LogP contribution in [-0.2, 0) is 0 Å². The molecule has 0 aliphatic heterocycles. The number of pyridine rings is 1. The SMILES string of the molecule is C=CCC(CCCC)[n+]1ccccc1. The first-order chi connectivity index (χ1) is 6.88. The van der Waals surface area contributed by atoms with Crippen LogP contribution in [0.3, 0.4) is 0 Å². The summed E-state index contributed by atoms with van der Waals surface area (Å²) in [5, 5.41) is 0. The Kier molecular flexibility index (Phi) is 4.98. The lowest BCUT2D eigenvalue weighted by atomic mass is 10.1. The van der Waals surface area contributed by atoms with Crippen molar-refractivity contribution in [2.24, 2.45) is 0 Å². The average molecular weight is 190 g/mol. The lowest BCUT2D eigenvalue weighted by molar-refractivity contribution is -0.723. The van der Waals surface area contributed by atoms with Crippen LogP contribution in [0.15, 0.2) is 43.2 Å². The molecule has 0 spiro atoms. The second-order valence-electron chi connectivity index (χ2n) is 3.64. The Balaban J connectivity index is 2.62. The highest BCUT2D eigenvalue weighted by Gasteiger charge is 2.14. The van der Waals surface area contributed by atoms with Gasteiger partial charge in [0.1, 0.15) is 0 Å². The molecule has 0 radical (unpaired) electrons. The first-order valence-electron chi connectivity index (χ1n) is 5.45. The number of allylic oxidation sites excluding steroid dienone is 1. The highest BCUT2D eigenvalue weighted by atomic mass is 15.0. The van der Waals surface area contributed by atoms with Gasteiger partial charge in [0.05, 0.1) is 0 Å². The van der Waals surface area contributed by atoms with Gasteiger partial charge in [-0.2, -0.15) is 0 Å². The van der Waals surface area contributed by atoms with Crippen molar-refractivity contribution >= 4 is 0 Å². The molecule has 0 fully saturated rings. The molecule has 1 aromatic rings. The second-order valence-corrected chi connectivity index (χ2v) is 3.64. The van der Waals surface area contributed by atoms with Crippen molar-refractivity contribution in [3.8, 4) is 0 Å². The molecule has 0 aliphatic carbocycles. The molecule has 1 unspecified atom stereocenters. The zero-order chi connectivity index (χ0) is 10.2. The Labute approximate surface area is 87.1 Å². The molecule has 1 atom stereocenters. The summed E-state index contributed by atoms with van der Waals surface area (Å²) < 4.78 is 2.29. The van der Waals surface area contributed by atoms with E-state index in [9.17, 15) is 0 Å². The average Bonchev–Trinajstić information content (AvgIpc) is 2.25. The molecule has 0 bridgehead atoms. The number of hydrogen-bond acceptors (Lipinski definition) is 0. The molecule has 0 saturated heterocycles. The van der Waals surface area contributed by atoms with E-state index in [2.05, 4.69) is 48.7 Å². The standard InChI is InChI=1S/C13H20N/c1-3-5-10-13(9-4-2)14-11-7-6-8-12-14/h4,6-8,11-13H,2-3,5,9-10H2,1H3/q+1.